The number of para-hydroxylation sites is 1. The number of hydrogen-bond donors (Lipinski definition) is 2. The average molecular weight is 347 g/mol. The van der Waals surface area contributed by atoms with Gasteiger partial charge in [0.15, 0.2) is 0 Å². The summed E-state index contributed by atoms with van der Waals surface area (Å²) in [5.41, 5.74) is 7.00. The molecule has 0 aliphatic heterocycles. The minimum atomic E-state index is -0.127. The maximum absolute atomic E-state index is 12.5. The fraction of sp³-hybridized carbons (Fsp3) is 0.227. The van der Waals surface area contributed by atoms with Crippen LogP contribution in [0.1, 0.15) is 27.2 Å². The normalized spacial score (nSPS) is 10.8. The number of hydrogen-bond acceptors (Lipinski definition) is 2. The molecule has 2 N–H and O–H groups in total. The summed E-state index contributed by atoms with van der Waals surface area (Å²) in [6.45, 7) is 10.7. The second-order valence-corrected chi connectivity index (χ2v) is 6.82. The molecule has 3 rings (SSSR count). The molecule has 26 heavy (non-hydrogen) atoms. The molecule has 134 valence electrons. The van der Waals surface area contributed by atoms with E-state index in [-0.39, 0.29) is 5.91 Å². The number of nitrogens with one attached hydrogen (secondary N) is 2. The third kappa shape index (κ3) is 3.49. The Balaban J connectivity index is 1.70. The molecular weight excluding hydrogens is 322 g/mol. The minimum Gasteiger partial charge on any atom is -0.350 e. The van der Waals surface area contributed by atoms with Crippen LogP contribution in [-0.2, 0) is 0 Å². The largest absolute Gasteiger partial charge is 0.350 e. The van der Waals surface area contributed by atoms with Gasteiger partial charge in [-0.05, 0) is 50.1 Å². The van der Waals surface area contributed by atoms with Crippen LogP contribution < -0.4 is 10.2 Å². The third-order valence-electron chi connectivity index (χ3n) is 4.72. The van der Waals surface area contributed by atoms with Crippen molar-refractivity contribution >= 4 is 22.5 Å². The van der Waals surface area contributed by atoms with Gasteiger partial charge in [0.2, 0.25) is 0 Å². The van der Waals surface area contributed by atoms with Crippen LogP contribution in [0.2, 0.25) is 0 Å². The Morgan fingerprint density at radius 1 is 1.12 bits per heavy atom. The zero-order valence-corrected chi connectivity index (χ0v) is 15.8. The molecule has 1 aromatic heterocycles. The van der Waals surface area contributed by atoms with Gasteiger partial charge in [0, 0.05) is 29.3 Å². The lowest BCUT2D eigenvalue weighted by Gasteiger charge is -2.23. The number of amides is 1. The van der Waals surface area contributed by atoms with E-state index in [9.17, 15) is 4.79 Å². The lowest BCUT2D eigenvalue weighted by atomic mass is 10.1. The van der Waals surface area contributed by atoms with Crippen LogP contribution in [0.3, 0.4) is 0 Å². The highest BCUT2D eigenvalue weighted by Gasteiger charge is 2.13. The van der Waals surface area contributed by atoms with Gasteiger partial charge >= 0.3 is 0 Å². The number of H-pyrrole nitrogens is 1. The Bertz CT molecular complexity index is 984. The number of benzene rings is 2. The Hall–Kier alpha value is -3.01. The molecule has 0 unspecified atom stereocenters. The number of anilines is 1. The second kappa shape index (κ2) is 7.08. The summed E-state index contributed by atoms with van der Waals surface area (Å²) in [6.07, 6.45) is 0. The van der Waals surface area contributed by atoms with Crippen molar-refractivity contribution < 1.29 is 4.79 Å². The molecule has 1 heterocycles. The van der Waals surface area contributed by atoms with Crippen LogP contribution in [0.15, 0.2) is 54.7 Å². The first-order valence-corrected chi connectivity index (χ1v) is 8.72. The van der Waals surface area contributed by atoms with Crippen LogP contribution in [0, 0.1) is 20.8 Å². The van der Waals surface area contributed by atoms with Crippen molar-refractivity contribution in [1.29, 1.82) is 0 Å². The fourth-order valence-electron chi connectivity index (χ4n) is 3.24. The van der Waals surface area contributed by atoms with E-state index in [4.69, 9.17) is 0 Å². The van der Waals surface area contributed by atoms with Crippen molar-refractivity contribution in [3.63, 3.8) is 0 Å². The molecule has 1 amide bonds. The Labute approximate surface area is 154 Å². The van der Waals surface area contributed by atoms with E-state index >= 15 is 0 Å². The van der Waals surface area contributed by atoms with E-state index in [1.807, 2.05) is 43.1 Å². The first-order valence-electron chi connectivity index (χ1n) is 8.72. The summed E-state index contributed by atoms with van der Waals surface area (Å²) < 4.78 is 0. The molecule has 0 aliphatic rings. The summed E-state index contributed by atoms with van der Waals surface area (Å²) in [5.74, 6) is -0.127. The smallest absolute Gasteiger partial charge is 0.268 e. The highest BCUT2D eigenvalue weighted by atomic mass is 16.1. The average Bonchev–Trinajstić information content (AvgIpc) is 3.03. The predicted molar refractivity (Wildman–Crippen MR) is 109 cm³/mol. The SMILES string of the molecule is C=C(CNC(=O)c1cc2cc(C)cc(C)c2[nH]1)N(C)c1ccccc1C. The van der Waals surface area contributed by atoms with E-state index in [1.165, 1.54) is 11.1 Å². The molecule has 0 fully saturated rings. The van der Waals surface area contributed by atoms with Crippen LogP contribution in [0.25, 0.3) is 10.9 Å². The maximum atomic E-state index is 12.5. The van der Waals surface area contributed by atoms with E-state index in [0.717, 1.165) is 27.9 Å². The fourth-order valence-corrected chi connectivity index (χ4v) is 3.24. The molecule has 0 spiro atoms. The maximum Gasteiger partial charge on any atom is 0.268 e. The molecule has 4 nitrogen and oxygen atoms in total. The summed E-state index contributed by atoms with van der Waals surface area (Å²) in [6, 6.07) is 14.2. The van der Waals surface area contributed by atoms with E-state index in [1.54, 1.807) is 0 Å². The van der Waals surface area contributed by atoms with Gasteiger partial charge in [-0.15, -0.1) is 0 Å². The second-order valence-electron chi connectivity index (χ2n) is 6.82. The highest BCUT2D eigenvalue weighted by molar-refractivity contribution is 5.99. The molecule has 0 saturated heterocycles. The van der Waals surface area contributed by atoms with Crippen molar-refractivity contribution in [2.75, 3.05) is 18.5 Å². The van der Waals surface area contributed by atoms with Crippen LogP contribution in [0.4, 0.5) is 5.69 Å². The van der Waals surface area contributed by atoms with Gasteiger partial charge in [-0.2, -0.15) is 0 Å². The molecule has 3 aromatic rings. The van der Waals surface area contributed by atoms with Gasteiger partial charge in [0.05, 0.1) is 6.54 Å². The van der Waals surface area contributed by atoms with Crippen molar-refractivity contribution in [3.8, 4) is 0 Å². The monoisotopic (exact) mass is 347 g/mol. The topological polar surface area (TPSA) is 48.1 Å². The first kappa shape index (κ1) is 17.8. The lowest BCUT2D eigenvalue weighted by molar-refractivity contribution is 0.0953. The Kier molecular flexibility index (Phi) is 4.85. The molecule has 0 atom stereocenters. The molecule has 4 heteroatoms. The quantitative estimate of drug-likeness (QED) is 0.715. The van der Waals surface area contributed by atoms with Crippen molar-refractivity contribution in [1.82, 2.24) is 10.3 Å². The summed E-state index contributed by atoms with van der Waals surface area (Å²) >= 11 is 0. The first-order chi connectivity index (χ1) is 12.4. The van der Waals surface area contributed by atoms with Gasteiger partial charge < -0.3 is 15.2 Å². The Morgan fingerprint density at radius 3 is 2.58 bits per heavy atom. The molecule has 0 radical (unpaired) electrons. The minimum absolute atomic E-state index is 0.127. The van der Waals surface area contributed by atoms with E-state index in [0.29, 0.717) is 12.2 Å². The van der Waals surface area contributed by atoms with Crippen molar-refractivity contribution in [2.24, 2.45) is 0 Å². The number of aryl methyl sites for hydroxylation is 3. The van der Waals surface area contributed by atoms with Gasteiger partial charge in [-0.25, -0.2) is 0 Å². The number of aromatic amines is 1. The number of nitrogens with zero attached hydrogens (tertiary/aromatic N) is 1. The Morgan fingerprint density at radius 2 is 1.85 bits per heavy atom. The number of carbonyl (C=O) groups is 1. The molecule has 2 aromatic carbocycles. The highest BCUT2D eigenvalue weighted by Crippen LogP contribution is 2.22. The van der Waals surface area contributed by atoms with Gasteiger partial charge in [0.25, 0.3) is 5.91 Å². The van der Waals surface area contributed by atoms with Crippen LogP contribution in [0.5, 0.6) is 0 Å². The number of carbonyl (C=O) groups excluding carboxylic acids is 1. The van der Waals surface area contributed by atoms with Crippen LogP contribution in [-0.4, -0.2) is 24.5 Å². The van der Waals surface area contributed by atoms with Gasteiger partial charge in [0.1, 0.15) is 5.69 Å². The number of rotatable bonds is 5. The summed E-state index contributed by atoms with van der Waals surface area (Å²) in [7, 11) is 1.96. The van der Waals surface area contributed by atoms with E-state index in [2.05, 4.69) is 48.9 Å². The number of likely N-dealkylation sites (N-methyl/N-ethyl adjacent to an activating group) is 1. The van der Waals surface area contributed by atoms with E-state index < -0.39 is 0 Å². The molecule has 0 saturated carbocycles. The third-order valence-corrected chi connectivity index (χ3v) is 4.72. The summed E-state index contributed by atoms with van der Waals surface area (Å²) in [5, 5.41) is 4.01. The van der Waals surface area contributed by atoms with Crippen LogP contribution >= 0.6 is 0 Å². The van der Waals surface area contributed by atoms with Gasteiger partial charge in [-0.1, -0.05) is 36.4 Å². The number of aromatic nitrogens is 1. The zero-order valence-electron chi connectivity index (χ0n) is 15.8. The van der Waals surface area contributed by atoms with Gasteiger partial charge in [-0.3, -0.25) is 4.79 Å². The predicted octanol–water partition coefficient (Wildman–Crippen LogP) is 4.47. The standard InChI is InChI=1S/C22H25N3O/c1-14-10-16(3)21-18(11-14)12-19(24-21)22(26)23-13-17(4)25(5)20-9-7-6-8-15(20)2/h6-12,24H,4,13H2,1-3,5H3,(H,23,26). The summed E-state index contributed by atoms with van der Waals surface area (Å²) in [4.78, 5) is 17.8. The van der Waals surface area contributed by atoms with Crippen molar-refractivity contribution in [3.05, 3.63) is 77.1 Å². The molecule has 0 bridgehead atoms. The number of fused-ring (bicyclic) bond motifs is 1. The van der Waals surface area contributed by atoms with Crippen molar-refractivity contribution in [2.45, 2.75) is 20.8 Å². The molecular formula is C22H25N3O. The zero-order chi connectivity index (χ0) is 18.8. The lowest BCUT2D eigenvalue weighted by Crippen LogP contribution is -2.31. The molecule has 0 aliphatic carbocycles.